The van der Waals surface area contributed by atoms with E-state index < -0.39 is 0 Å². The van der Waals surface area contributed by atoms with Crippen molar-refractivity contribution in [3.05, 3.63) is 200 Å². The fourth-order valence-electron chi connectivity index (χ4n) is 8.63. The van der Waals surface area contributed by atoms with Crippen molar-refractivity contribution in [1.82, 2.24) is 15.0 Å². The fraction of sp³-hybridized carbons (Fsp3) is 0. The number of nitrogens with zero attached hydrogens (tertiary/aromatic N) is 3. The van der Waals surface area contributed by atoms with E-state index in [0.717, 1.165) is 71.3 Å². The normalized spacial score (nSPS) is 11.7. The molecule has 0 fully saturated rings. The van der Waals surface area contributed by atoms with Gasteiger partial charge in [-0.2, -0.15) is 0 Å². The second-order valence-corrected chi connectivity index (χ2v) is 15.2. The minimum Gasteiger partial charge on any atom is -0.455 e. The van der Waals surface area contributed by atoms with E-state index in [1.807, 2.05) is 0 Å². The summed E-state index contributed by atoms with van der Waals surface area (Å²) in [5, 5.41) is 11.4. The topological polar surface area (TPSA) is 51.8 Å². The molecule has 0 radical (unpaired) electrons. The SMILES string of the molecule is c1ccc(-c2ccc3cc(-c4c5ccccc5cc5c4oc4ccc(-c6nc(-c7ccc8ccccc8c7)nc(-c7ccc8ccccc8c7)n6)cc45)ccc3c2)cc1. The maximum atomic E-state index is 6.84. The highest BCUT2D eigenvalue weighted by molar-refractivity contribution is 6.19. The second-order valence-electron chi connectivity index (χ2n) is 15.2. The molecule has 0 saturated heterocycles. The Bertz CT molecular complexity index is 3530. The molecular weight excluding hydrogens is 719 g/mol. The predicted molar refractivity (Wildman–Crippen MR) is 244 cm³/mol. The van der Waals surface area contributed by atoms with Crippen molar-refractivity contribution >= 4 is 65.0 Å². The van der Waals surface area contributed by atoms with Crippen LogP contribution in [0.4, 0.5) is 0 Å². The molecular formula is C55H33N3O. The van der Waals surface area contributed by atoms with Gasteiger partial charge in [-0.05, 0) is 108 Å². The molecule has 0 bridgehead atoms. The summed E-state index contributed by atoms with van der Waals surface area (Å²) in [7, 11) is 0. The van der Waals surface area contributed by atoms with Crippen molar-refractivity contribution in [2.45, 2.75) is 0 Å². The van der Waals surface area contributed by atoms with E-state index in [4.69, 9.17) is 19.4 Å². The molecule has 2 heterocycles. The third-order valence-electron chi connectivity index (χ3n) is 11.6. The van der Waals surface area contributed by atoms with Crippen LogP contribution in [-0.4, -0.2) is 15.0 Å². The van der Waals surface area contributed by atoms with Crippen molar-refractivity contribution in [3.8, 4) is 56.4 Å². The van der Waals surface area contributed by atoms with Gasteiger partial charge in [0.15, 0.2) is 17.5 Å². The zero-order valence-corrected chi connectivity index (χ0v) is 31.8. The molecule has 2 aromatic heterocycles. The molecule has 59 heavy (non-hydrogen) atoms. The average molecular weight is 752 g/mol. The van der Waals surface area contributed by atoms with Crippen molar-refractivity contribution in [2.75, 3.05) is 0 Å². The Morgan fingerprint density at radius 2 is 0.729 bits per heavy atom. The van der Waals surface area contributed by atoms with Gasteiger partial charge < -0.3 is 4.42 Å². The largest absolute Gasteiger partial charge is 0.455 e. The van der Waals surface area contributed by atoms with E-state index in [9.17, 15) is 0 Å². The van der Waals surface area contributed by atoms with Crippen molar-refractivity contribution in [2.24, 2.45) is 0 Å². The molecule has 12 aromatic rings. The highest BCUT2D eigenvalue weighted by Gasteiger charge is 2.19. The Labute approximate surface area is 339 Å². The highest BCUT2D eigenvalue weighted by atomic mass is 16.3. The quantitative estimate of drug-likeness (QED) is 0.176. The zero-order valence-electron chi connectivity index (χ0n) is 31.8. The summed E-state index contributed by atoms with van der Waals surface area (Å²) in [6.07, 6.45) is 0. The van der Waals surface area contributed by atoms with Crippen molar-refractivity contribution in [1.29, 1.82) is 0 Å². The third kappa shape index (κ3) is 5.73. The van der Waals surface area contributed by atoms with Crippen LogP contribution in [0.3, 0.4) is 0 Å². The summed E-state index contributed by atoms with van der Waals surface area (Å²) >= 11 is 0. The minimum atomic E-state index is 0.605. The summed E-state index contributed by atoms with van der Waals surface area (Å²) in [5.41, 5.74) is 9.06. The van der Waals surface area contributed by atoms with Gasteiger partial charge in [0, 0.05) is 33.0 Å². The molecule has 0 spiro atoms. The Hall–Kier alpha value is -7.95. The standard InChI is InChI=1S/C55H33N3O/c1-2-10-34(11-3-1)39-20-21-41-29-43(23-22-40(41)28-39)51-47-17-9-8-16-42(47)32-49-48-33-46(26-27-50(48)59-52(49)51)55-57-53(44-24-18-35-12-4-6-14-37(35)30-44)56-54(58-55)45-25-19-36-13-5-7-15-38(36)31-45/h1-33H. The first kappa shape index (κ1) is 33.2. The van der Waals surface area contributed by atoms with E-state index in [-0.39, 0.29) is 0 Å². The van der Waals surface area contributed by atoms with Gasteiger partial charge in [-0.25, -0.2) is 15.0 Å². The molecule has 0 saturated carbocycles. The van der Waals surface area contributed by atoms with Crippen LogP contribution in [0.1, 0.15) is 0 Å². The van der Waals surface area contributed by atoms with E-state index >= 15 is 0 Å². The van der Waals surface area contributed by atoms with Crippen molar-refractivity contribution < 1.29 is 4.42 Å². The Balaban J connectivity index is 1.03. The first-order valence-electron chi connectivity index (χ1n) is 19.9. The summed E-state index contributed by atoms with van der Waals surface area (Å²) in [4.78, 5) is 15.4. The first-order chi connectivity index (χ1) is 29.2. The van der Waals surface area contributed by atoms with E-state index in [1.54, 1.807) is 0 Å². The summed E-state index contributed by atoms with van der Waals surface area (Å²) in [6, 6.07) is 70.6. The molecule has 10 aromatic carbocycles. The lowest BCUT2D eigenvalue weighted by atomic mass is 9.93. The van der Waals surface area contributed by atoms with Gasteiger partial charge >= 0.3 is 0 Å². The fourth-order valence-corrected chi connectivity index (χ4v) is 8.63. The van der Waals surface area contributed by atoms with E-state index in [0.29, 0.717) is 17.5 Å². The van der Waals surface area contributed by atoms with Gasteiger partial charge in [-0.1, -0.05) is 152 Å². The van der Waals surface area contributed by atoms with Crippen LogP contribution >= 0.6 is 0 Å². The number of furan rings is 1. The number of rotatable bonds is 5. The van der Waals surface area contributed by atoms with Crippen LogP contribution in [0.2, 0.25) is 0 Å². The average Bonchev–Trinajstić information content (AvgIpc) is 3.67. The van der Waals surface area contributed by atoms with Gasteiger partial charge in [-0.15, -0.1) is 0 Å². The Morgan fingerprint density at radius 3 is 1.39 bits per heavy atom. The summed E-state index contributed by atoms with van der Waals surface area (Å²) in [6.45, 7) is 0. The molecule has 0 aliphatic rings. The number of benzene rings is 10. The van der Waals surface area contributed by atoms with Crippen molar-refractivity contribution in [3.63, 3.8) is 0 Å². The number of hydrogen-bond donors (Lipinski definition) is 0. The summed E-state index contributed by atoms with van der Waals surface area (Å²) < 4.78 is 6.84. The van der Waals surface area contributed by atoms with Gasteiger partial charge in [0.2, 0.25) is 0 Å². The minimum absolute atomic E-state index is 0.605. The van der Waals surface area contributed by atoms with Gasteiger partial charge in [0.05, 0.1) is 0 Å². The molecule has 12 rings (SSSR count). The molecule has 0 aliphatic heterocycles. The molecule has 4 nitrogen and oxygen atoms in total. The number of fused-ring (bicyclic) bond motifs is 7. The van der Waals surface area contributed by atoms with Crippen LogP contribution in [0.25, 0.3) is 121 Å². The molecule has 0 atom stereocenters. The van der Waals surface area contributed by atoms with Crippen LogP contribution in [0.5, 0.6) is 0 Å². The van der Waals surface area contributed by atoms with Gasteiger partial charge in [0.1, 0.15) is 11.2 Å². The molecule has 0 unspecified atom stereocenters. The molecule has 274 valence electrons. The third-order valence-corrected chi connectivity index (χ3v) is 11.6. The van der Waals surface area contributed by atoms with Gasteiger partial charge in [-0.3, -0.25) is 0 Å². The lowest BCUT2D eigenvalue weighted by Gasteiger charge is -2.11. The maximum absolute atomic E-state index is 6.84. The predicted octanol–water partition coefficient (Wildman–Crippen LogP) is 14.7. The second kappa shape index (κ2) is 13.3. The number of hydrogen-bond acceptors (Lipinski definition) is 4. The molecule has 0 N–H and O–H groups in total. The van der Waals surface area contributed by atoms with E-state index in [1.165, 1.54) is 32.7 Å². The monoisotopic (exact) mass is 751 g/mol. The lowest BCUT2D eigenvalue weighted by molar-refractivity contribution is 0.670. The summed E-state index contributed by atoms with van der Waals surface area (Å²) in [5.74, 6) is 1.86. The zero-order chi connectivity index (χ0) is 38.9. The first-order valence-corrected chi connectivity index (χ1v) is 19.9. The van der Waals surface area contributed by atoms with Gasteiger partial charge in [0.25, 0.3) is 0 Å². The van der Waals surface area contributed by atoms with Crippen LogP contribution < -0.4 is 0 Å². The van der Waals surface area contributed by atoms with Crippen LogP contribution in [0.15, 0.2) is 205 Å². The van der Waals surface area contributed by atoms with Crippen LogP contribution in [0, 0.1) is 0 Å². The molecule has 0 aliphatic carbocycles. The molecule has 4 heteroatoms. The Kier molecular flexibility index (Phi) is 7.50. The highest BCUT2D eigenvalue weighted by Crippen LogP contribution is 2.43. The lowest BCUT2D eigenvalue weighted by Crippen LogP contribution is -2.00. The molecule has 0 amide bonds. The van der Waals surface area contributed by atoms with E-state index in [2.05, 4.69) is 200 Å². The number of aromatic nitrogens is 3. The Morgan fingerprint density at radius 1 is 0.271 bits per heavy atom. The van der Waals surface area contributed by atoms with Crippen LogP contribution in [-0.2, 0) is 0 Å². The maximum Gasteiger partial charge on any atom is 0.164 e. The smallest absolute Gasteiger partial charge is 0.164 e.